The molecule has 2 rings (SSSR count). The Balaban J connectivity index is 2.48. The summed E-state index contributed by atoms with van der Waals surface area (Å²) in [4.78, 5) is 7.85. The summed E-state index contributed by atoms with van der Waals surface area (Å²) >= 11 is 0. The zero-order chi connectivity index (χ0) is 11.5. The molecule has 0 radical (unpaired) electrons. The van der Waals surface area contributed by atoms with Crippen LogP contribution < -0.4 is 10.5 Å². The molecule has 0 saturated carbocycles. The van der Waals surface area contributed by atoms with Crippen LogP contribution in [0.3, 0.4) is 0 Å². The Bertz CT molecular complexity index is 516. The van der Waals surface area contributed by atoms with Crippen LogP contribution in [0.25, 0.3) is 11.3 Å². The number of nitrogen functional groups attached to an aromatic ring is 1. The summed E-state index contributed by atoms with van der Waals surface area (Å²) in [5, 5.41) is 0. The molecule has 16 heavy (non-hydrogen) atoms. The number of methoxy groups -OCH3 is 1. The van der Waals surface area contributed by atoms with Gasteiger partial charge in [0.2, 0.25) is 0 Å². The SMILES string of the molecule is COc1ccc(-c2cncc(N)n2)c(F)c1. The number of hydrogen-bond donors (Lipinski definition) is 1. The van der Waals surface area contributed by atoms with Crippen molar-refractivity contribution in [3.8, 4) is 17.0 Å². The van der Waals surface area contributed by atoms with Gasteiger partial charge in [0.1, 0.15) is 17.4 Å². The maximum absolute atomic E-state index is 13.7. The Morgan fingerprint density at radius 3 is 2.75 bits per heavy atom. The topological polar surface area (TPSA) is 61.0 Å². The first kappa shape index (κ1) is 10.4. The second kappa shape index (κ2) is 4.14. The molecule has 0 unspecified atom stereocenters. The van der Waals surface area contributed by atoms with E-state index in [2.05, 4.69) is 9.97 Å². The van der Waals surface area contributed by atoms with Crippen molar-refractivity contribution >= 4 is 5.82 Å². The third-order valence-electron chi connectivity index (χ3n) is 2.11. The molecule has 0 aliphatic carbocycles. The first-order valence-corrected chi connectivity index (χ1v) is 4.62. The van der Waals surface area contributed by atoms with E-state index in [-0.39, 0.29) is 5.82 Å². The zero-order valence-corrected chi connectivity index (χ0v) is 8.64. The van der Waals surface area contributed by atoms with Gasteiger partial charge in [0, 0.05) is 11.6 Å². The third-order valence-corrected chi connectivity index (χ3v) is 2.11. The summed E-state index contributed by atoms with van der Waals surface area (Å²) in [6, 6.07) is 4.53. The molecule has 0 saturated heterocycles. The number of nitrogens with zero attached hydrogens (tertiary/aromatic N) is 2. The van der Waals surface area contributed by atoms with Gasteiger partial charge in [-0.05, 0) is 12.1 Å². The standard InChI is InChI=1S/C11H10FN3O/c1-16-7-2-3-8(9(12)4-7)10-5-14-6-11(13)15-10/h2-6H,1H3,(H2,13,15). The lowest BCUT2D eigenvalue weighted by Crippen LogP contribution is -1.95. The molecule has 1 heterocycles. The number of halogens is 1. The number of ether oxygens (including phenoxy) is 1. The normalized spacial score (nSPS) is 10.1. The van der Waals surface area contributed by atoms with Crippen molar-refractivity contribution in [2.75, 3.05) is 12.8 Å². The Kier molecular flexibility index (Phi) is 2.68. The van der Waals surface area contributed by atoms with E-state index >= 15 is 0 Å². The summed E-state index contributed by atoms with van der Waals surface area (Å²) in [5.74, 6) is 0.296. The van der Waals surface area contributed by atoms with E-state index in [4.69, 9.17) is 10.5 Å². The third kappa shape index (κ3) is 1.93. The Hall–Kier alpha value is -2.17. The average molecular weight is 219 g/mol. The fourth-order valence-corrected chi connectivity index (χ4v) is 1.34. The van der Waals surface area contributed by atoms with Gasteiger partial charge >= 0.3 is 0 Å². The lowest BCUT2D eigenvalue weighted by atomic mass is 10.1. The number of hydrogen-bond acceptors (Lipinski definition) is 4. The second-order valence-corrected chi connectivity index (χ2v) is 3.17. The molecule has 0 aliphatic heterocycles. The molecule has 0 amide bonds. The molecule has 0 atom stereocenters. The Morgan fingerprint density at radius 2 is 2.12 bits per heavy atom. The van der Waals surface area contributed by atoms with Crippen molar-refractivity contribution in [3.05, 3.63) is 36.4 Å². The number of benzene rings is 1. The average Bonchev–Trinajstić information content (AvgIpc) is 2.28. The van der Waals surface area contributed by atoms with Gasteiger partial charge in [-0.1, -0.05) is 0 Å². The van der Waals surface area contributed by atoms with Crippen LogP contribution in [0.5, 0.6) is 5.75 Å². The predicted molar refractivity (Wildman–Crippen MR) is 58.4 cm³/mol. The molecule has 4 nitrogen and oxygen atoms in total. The van der Waals surface area contributed by atoms with Crippen LogP contribution in [0.1, 0.15) is 0 Å². The smallest absolute Gasteiger partial charge is 0.142 e. The maximum Gasteiger partial charge on any atom is 0.142 e. The van der Waals surface area contributed by atoms with Gasteiger partial charge in [-0.25, -0.2) is 9.37 Å². The fraction of sp³-hybridized carbons (Fsp3) is 0.0909. The van der Waals surface area contributed by atoms with Gasteiger partial charge in [0.15, 0.2) is 0 Å². The minimum atomic E-state index is -0.417. The quantitative estimate of drug-likeness (QED) is 0.837. The summed E-state index contributed by atoms with van der Waals surface area (Å²) < 4.78 is 18.6. The summed E-state index contributed by atoms with van der Waals surface area (Å²) in [6.07, 6.45) is 2.87. The van der Waals surface area contributed by atoms with Gasteiger partial charge in [0.25, 0.3) is 0 Å². The lowest BCUT2D eigenvalue weighted by molar-refractivity contribution is 0.411. The van der Waals surface area contributed by atoms with Gasteiger partial charge in [-0.2, -0.15) is 0 Å². The first-order valence-electron chi connectivity index (χ1n) is 4.62. The van der Waals surface area contributed by atoms with Gasteiger partial charge in [0.05, 0.1) is 25.2 Å². The number of anilines is 1. The minimum absolute atomic E-state index is 0.257. The van der Waals surface area contributed by atoms with E-state index < -0.39 is 5.82 Å². The second-order valence-electron chi connectivity index (χ2n) is 3.17. The van der Waals surface area contributed by atoms with Gasteiger partial charge in [-0.3, -0.25) is 4.98 Å². The van der Waals surface area contributed by atoms with Crippen molar-refractivity contribution in [1.29, 1.82) is 0 Å². The molecule has 2 aromatic rings. The molecular formula is C11H10FN3O. The Morgan fingerprint density at radius 1 is 1.31 bits per heavy atom. The molecule has 0 fully saturated rings. The predicted octanol–water partition coefficient (Wildman–Crippen LogP) is 1.87. The summed E-state index contributed by atoms with van der Waals surface area (Å²) in [5.41, 5.74) is 6.23. The summed E-state index contributed by atoms with van der Waals surface area (Å²) in [6.45, 7) is 0. The highest BCUT2D eigenvalue weighted by Gasteiger charge is 2.08. The van der Waals surface area contributed by atoms with Crippen molar-refractivity contribution < 1.29 is 9.13 Å². The molecule has 82 valence electrons. The molecule has 2 N–H and O–H groups in total. The van der Waals surface area contributed by atoms with Crippen LogP contribution in [0, 0.1) is 5.82 Å². The Labute approximate surface area is 91.9 Å². The molecule has 5 heteroatoms. The van der Waals surface area contributed by atoms with Crippen molar-refractivity contribution in [2.24, 2.45) is 0 Å². The molecule has 1 aromatic carbocycles. The van der Waals surface area contributed by atoms with E-state index in [0.29, 0.717) is 17.0 Å². The van der Waals surface area contributed by atoms with E-state index in [1.54, 1.807) is 12.1 Å². The van der Waals surface area contributed by atoms with E-state index in [0.717, 1.165) is 0 Å². The molecular weight excluding hydrogens is 209 g/mol. The first-order chi connectivity index (χ1) is 7.70. The van der Waals surface area contributed by atoms with Crippen LogP contribution in [0.2, 0.25) is 0 Å². The van der Waals surface area contributed by atoms with Crippen LogP contribution in [0.15, 0.2) is 30.6 Å². The van der Waals surface area contributed by atoms with Crippen molar-refractivity contribution in [3.63, 3.8) is 0 Å². The van der Waals surface area contributed by atoms with E-state index in [1.165, 1.54) is 25.6 Å². The monoisotopic (exact) mass is 219 g/mol. The van der Waals surface area contributed by atoms with Gasteiger partial charge in [-0.15, -0.1) is 0 Å². The minimum Gasteiger partial charge on any atom is -0.497 e. The number of aromatic nitrogens is 2. The fourth-order valence-electron chi connectivity index (χ4n) is 1.34. The zero-order valence-electron chi connectivity index (χ0n) is 8.64. The van der Waals surface area contributed by atoms with Crippen LogP contribution in [0.4, 0.5) is 10.2 Å². The molecule has 0 bridgehead atoms. The van der Waals surface area contributed by atoms with Crippen LogP contribution >= 0.6 is 0 Å². The highest BCUT2D eigenvalue weighted by molar-refractivity contribution is 5.61. The van der Waals surface area contributed by atoms with Crippen molar-refractivity contribution in [1.82, 2.24) is 9.97 Å². The highest BCUT2D eigenvalue weighted by atomic mass is 19.1. The number of rotatable bonds is 2. The molecule has 0 spiro atoms. The molecule has 1 aromatic heterocycles. The van der Waals surface area contributed by atoms with Crippen LogP contribution in [-0.2, 0) is 0 Å². The highest BCUT2D eigenvalue weighted by Crippen LogP contribution is 2.24. The lowest BCUT2D eigenvalue weighted by Gasteiger charge is -2.05. The largest absolute Gasteiger partial charge is 0.497 e. The van der Waals surface area contributed by atoms with Crippen LogP contribution in [-0.4, -0.2) is 17.1 Å². The maximum atomic E-state index is 13.7. The summed E-state index contributed by atoms with van der Waals surface area (Å²) in [7, 11) is 1.48. The van der Waals surface area contributed by atoms with Gasteiger partial charge < -0.3 is 10.5 Å². The van der Waals surface area contributed by atoms with E-state index in [9.17, 15) is 4.39 Å². The van der Waals surface area contributed by atoms with Crippen molar-refractivity contribution in [2.45, 2.75) is 0 Å². The molecule has 0 aliphatic rings. The van der Waals surface area contributed by atoms with E-state index in [1.807, 2.05) is 0 Å². The number of nitrogens with two attached hydrogens (primary N) is 1.